The summed E-state index contributed by atoms with van der Waals surface area (Å²) in [7, 11) is 1.60. The van der Waals surface area contributed by atoms with Gasteiger partial charge in [-0.15, -0.1) is 0 Å². The Hall–Kier alpha value is -1.75. The molecule has 0 radical (unpaired) electrons. The minimum absolute atomic E-state index is 0.0825. The van der Waals surface area contributed by atoms with Crippen LogP contribution in [0.4, 0.5) is 5.69 Å². The van der Waals surface area contributed by atoms with Crippen LogP contribution in [0.15, 0.2) is 18.2 Å². The Balaban J connectivity index is 2.04. The van der Waals surface area contributed by atoms with E-state index >= 15 is 0 Å². The first-order valence-corrected chi connectivity index (χ1v) is 7.07. The molecular weight excluding hydrogens is 256 g/mol. The Morgan fingerprint density at radius 2 is 2.10 bits per heavy atom. The third-order valence-corrected chi connectivity index (χ3v) is 3.44. The summed E-state index contributed by atoms with van der Waals surface area (Å²) in [5, 5.41) is 6.22. The first-order chi connectivity index (χ1) is 9.74. The van der Waals surface area contributed by atoms with Crippen LogP contribution >= 0.6 is 0 Å². The number of hydrogen-bond donors (Lipinski definition) is 2. The molecule has 0 unspecified atom stereocenters. The largest absolute Gasteiger partial charge is 0.493 e. The number of methoxy groups -OCH3 is 1. The van der Waals surface area contributed by atoms with E-state index < -0.39 is 0 Å². The van der Waals surface area contributed by atoms with Crippen molar-refractivity contribution in [3.63, 3.8) is 0 Å². The third kappa shape index (κ3) is 3.63. The van der Waals surface area contributed by atoms with Crippen molar-refractivity contribution in [2.24, 2.45) is 5.92 Å². The number of rotatable bonds is 5. The molecule has 0 aliphatic carbocycles. The summed E-state index contributed by atoms with van der Waals surface area (Å²) in [6, 6.07) is 5.45. The van der Waals surface area contributed by atoms with Crippen LogP contribution in [-0.4, -0.2) is 32.7 Å². The summed E-state index contributed by atoms with van der Waals surface area (Å²) in [5.74, 6) is 1.50. The first-order valence-electron chi connectivity index (χ1n) is 7.07. The Kier molecular flexibility index (Phi) is 5.24. The number of anilines is 1. The molecule has 0 atom stereocenters. The topological polar surface area (TPSA) is 59.6 Å². The van der Waals surface area contributed by atoms with Crippen molar-refractivity contribution in [3.05, 3.63) is 18.2 Å². The highest BCUT2D eigenvalue weighted by Crippen LogP contribution is 2.30. The van der Waals surface area contributed by atoms with Crippen molar-refractivity contribution in [1.82, 2.24) is 5.32 Å². The monoisotopic (exact) mass is 278 g/mol. The molecule has 1 saturated heterocycles. The van der Waals surface area contributed by atoms with E-state index in [0.29, 0.717) is 18.1 Å². The first kappa shape index (κ1) is 14.7. The fraction of sp³-hybridized carbons (Fsp3) is 0.533. The summed E-state index contributed by atoms with van der Waals surface area (Å²) in [5.41, 5.74) is 0.748. The lowest BCUT2D eigenvalue weighted by molar-refractivity contribution is -0.120. The lowest BCUT2D eigenvalue weighted by Gasteiger charge is -2.22. The van der Waals surface area contributed by atoms with Gasteiger partial charge in [-0.1, -0.05) is 0 Å². The molecular formula is C15H22N2O3. The molecule has 1 heterocycles. The summed E-state index contributed by atoms with van der Waals surface area (Å²) < 4.78 is 10.7. The molecule has 2 N–H and O–H groups in total. The third-order valence-electron chi connectivity index (χ3n) is 3.44. The summed E-state index contributed by atoms with van der Waals surface area (Å²) in [6.45, 7) is 4.29. The van der Waals surface area contributed by atoms with Gasteiger partial charge in [-0.25, -0.2) is 0 Å². The van der Waals surface area contributed by atoms with E-state index in [1.807, 2.05) is 19.1 Å². The Labute approximate surface area is 119 Å². The van der Waals surface area contributed by atoms with Crippen LogP contribution in [0.2, 0.25) is 0 Å². The maximum absolute atomic E-state index is 12.2. The Morgan fingerprint density at radius 3 is 2.75 bits per heavy atom. The molecule has 5 heteroatoms. The average molecular weight is 278 g/mol. The molecule has 1 aliphatic heterocycles. The zero-order valence-corrected chi connectivity index (χ0v) is 12.1. The molecule has 1 aromatic rings. The second kappa shape index (κ2) is 7.14. The summed E-state index contributed by atoms with van der Waals surface area (Å²) >= 11 is 0. The van der Waals surface area contributed by atoms with Gasteiger partial charge in [-0.2, -0.15) is 0 Å². The smallest absolute Gasteiger partial charge is 0.227 e. The van der Waals surface area contributed by atoms with Gasteiger partial charge in [-0.05, 0) is 45.0 Å². The van der Waals surface area contributed by atoms with Gasteiger partial charge >= 0.3 is 0 Å². The van der Waals surface area contributed by atoms with E-state index in [1.54, 1.807) is 13.2 Å². The number of piperidine rings is 1. The van der Waals surface area contributed by atoms with Gasteiger partial charge in [0, 0.05) is 17.7 Å². The molecule has 5 nitrogen and oxygen atoms in total. The molecule has 1 aliphatic rings. The normalized spacial score (nSPS) is 15.7. The van der Waals surface area contributed by atoms with E-state index in [4.69, 9.17) is 9.47 Å². The van der Waals surface area contributed by atoms with Crippen molar-refractivity contribution in [2.45, 2.75) is 19.8 Å². The zero-order valence-electron chi connectivity index (χ0n) is 12.1. The molecule has 2 rings (SSSR count). The molecule has 1 aromatic carbocycles. The van der Waals surface area contributed by atoms with Gasteiger partial charge < -0.3 is 20.1 Å². The lowest BCUT2D eigenvalue weighted by atomic mass is 9.97. The second-order valence-electron chi connectivity index (χ2n) is 4.81. The molecule has 110 valence electrons. The van der Waals surface area contributed by atoms with E-state index in [9.17, 15) is 4.79 Å². The maximum atomic E-state index is 12.2. The quantitative estimate of drug-likeness (QED) is 0.865. The van der Waals surface area contributed by atoms with Crippen LogP contribution in [0.5, 0.6) is 11.5 Å². The van der Waals surface area contributed by atoms with Gasteiger partial charge in [-0.3, -0.25) is 4.79 Å². The minimum Gasteiger partial charge on any atom is -0.493 e. The number of amides is 1. The predicted octanol–water partition coefficient (Wildman–Crippen LogP) is 2.03. The zero-order chi connectivity index (χ0) is 14.4. The molecule has 0 aromatic heterocycles. The van der Waals surface area contributed by atoms with Gasteiger partial charge in [0.25, 0.3) is 0 Å². The van der Waals surface area contributed by atoms with Crippen LogP contribution in [0, 0.1) is 5.92 Å². The van der Waals surface area contributed by atoms with Crippen LogP contribution in [0.25, 0.3) is 0 Å². The van der Waals surface area contributed by atoms with Crippen LogP contribution in [0.1, 0.15) is 19.8 Å². The van der Waals surface area contributed by atoms with Gasteiger partial charge in [0.2, 0.25) is 5.91 Å². The fourth-order valence-corrected chi connectivity index (χ4v) is 2.35. The highest BCUT2D eigenvalue weighted by atomic mass is 16.5. The number of hydrogen-bond acceptors (Lipinski definition) is 4. The Bertz CT molecular complexity index is 456. The highest BCUT2D eigenvalue weighted by molar-refractivity contribution is 5.93. The van der Waals surface area contributed by atoms with E-state index in [1.165, 1.54) is 0 Å². The lowest BCUT2D eigenvalue weighted by Crippen LogP contribution is -2.34. The molecule has 1 amide bonds. The Morgan fingerprint density at radius 1 is 1.35 bits per heavy atom. The number of carbonyl (C=O) groups is 1. The SMILES string of the molecule is CCOc1cc(NC(=O)C2CCNCC2)ccc1OC. The van der Waals surface area contributed by atoms with Crippen molar-refractivity contribution in [1.29, 1.82) is 0 Å². The molecule has 1 fully saturated rings. The maximum Gasteiger partial charge on any atom is 0.227 e. The van der Waals surface area contributed by atoms with Crippen molar-refractivity contribution < 1.29 is 14.3 Å². The van der Waals surface area contributed by atoms with Crippen LogP contribution < -0.4 is 20.1 Å². The standard InChI is InChI=1S/C15H22N2O3/c1-3-20-14-10-12(4-5-13(14)19-2)17-15(18)11-6-8-16-9-7-11/h4-5,10-11,16H,3,6-9H2,1-2H3,(H,17,18). The molecule has 20 heavy (non-hydrogen) atoms. The summed E-state index contributed by atoms with van der Waals surface area (Å²) in [4.78, 5) is 12.2. The van der Waals surface area contributed by atoms with Crippen molar-refractivity contribution >= 4 is 11.6 Å². The number of nitrogens with one attached hydrogen (secondary N) is 2. The van der Waals surface area contributed by atoms with Crippen LogP contribution in [0.3, 0.4) is 0 Å². The number of ether oxygens (including phenoxy) is 2. The van der Waals surface area contributed by atoms with Crippen LogP contribution in [-0.2, 0) is 4.79 Å². The van der Waals surface area contributed by atoms with E-state index in [2.05, 4.69) is 10.6 Å². The molecule has 0 spiro atoms. The average Bonchev–Trinajstić information content (AvgIpc) is 2.49. The summed E-state index contributed by atoms with van der Waals surface area (Å²) in [6.07, 6.45) is 1.78. The van der Waals surface area contributed by atoms with Gasteiger partial charge in [0.1, 0.15) is 0 Å². The van der Waals surface area contributed by atoms with Crippen molar-refractivity contribution in [3.8, 4) is 11.5 Å². The predicted molar refractivity (Wildman–Crippen MR) is 78.4 cm³/mol. The van der Waals surface area contributed by atoms with E-state index in [0.717, 1.165) is 31.6 Å². The number of benzene rings is 1. The minimum atomic E-state index is 0.0825. The van der Waals surface area contributed by atoms with E-state index in [-0.39, 0.29) is 11.8 Å². The number of carbonyl (C=O) groups excluding carboxylic acids is 1. The van der Waals surface area contributed by atoms with Gasteiger partial charge in [0.15, 0.2) is 11.5 Å². The fourth-order valence-electron chi connectivity index (χ4n) is 2.35. The van der Waals surface area contributed by atoms with Crippen molar-refractivity contribution in [2.75, 3.05) is 32.1 Å². The molecule has 0 bridgehead atoms. The molecule has 0 saturated carbocycles. The van der Waals surface area contributed by atoms with Gasteiger partial charge in [0.05, 0.1) is 13.7 Å². The highest BCUT2D eigenvalue weighted by Gasteiger charge is 2.21. The second-order valence-corrected chi connectivity index (χ2v) is 4.81.